The molecule has 0 aliphatic heterocycles. The van der Waals surface area contributed by atoms with Gasteiger partial charge >= 0.3 is 5.97 Å². The number of carboxylic acids is 1. The first-order chi connectivity index (χ1) is 9.58. The van der Waals surface area contributed by atoms with Crippen LogP contribution in [0.1, 0.15) is 21.5 Å². The normalized spacial score (nSPS) is 10.5. The van der Waals surface area contributed by atoms with E-state index in [0.29, 0.717) is 5.56 Å². The monoisotopic (exact) mass is 278 g/mol. The van der Waals surface area contributed by atoms with Crippen LogP contribution in [0.3, 0.4) is 0 Å². The van der Waals surface area contributed by atoms with Crippen molar-refractivity contribution in [3.63, 3.8) is 0 Å². The lowest BCUT2D eigenvalue weighted by molar-refractivity contribution is 0.0696. The number of halogens is 2. The highest BCUT2D eigenvalue weighted by molar-refractivity contribution is 5.87. The number of hydrogen-bond acceptors (Lipinski definition) is 2. The van der Waals surface area contributed by atoms with Crippen molar-refractivity contribution in [2.24, 2.45) is 0 Å². The number of ether oxygens (including phenoxy) is 1. The van der Waals surface area contributed by atoms with Gasteiger partial charge in [0.1, 0.15) is 11.6 Å². The molecule has 0 saturated heterocycles. The van der Waals surface area contributed by atoms with Crippen LogP contribution in [0.25, 0.3) is 0 Å². The summed E-state index contributed by atoms with van der Waals surface area (Å²) in [6, 6.07) is 9.58. The minimum absolute atomic E-state index is 0.0105. The largest absolute Gasteiger partial charge is 0.478 e. The van der Waals surface area contributed by atoms with Crippen LogP contribution in [-0.4, -0.2) is 11.1 Å². The van der Waals surface area contributed by atoms with Crippen LogP contribution in [-0.2, 0) is 18.0 Å². The average molecular weight is 278 g/mol. The zero-order chi connectivity index (χ0) is 14.5. The van der Waals surface area contributed by atoms with Crippen molar-refractivity contribution < 1.29 is 23.4 Å². The molecule has 0 saturated carbocycles. The highest BCUT2D eigenvalue weighted by atomic mass is 19.1. The van der Waals surface area contributed by atoms with Crippen molar-refractivity contribution in [2.75, 3.05) is 0 Å². The van der Waals surface area contributed by atoms with E-state index in [1.165, 1.54) is 18.2 Å². The molecule has 20 heavy (non-hydrogen) atoms. The molecule has 0 spiro atoms. The van der Waals surface area contributed by atoms with Crippen LogP contribution in [0.15, 0.2) is 42.5 Å². The van der Waals surface area contributed by atoms with Gasteiger partial charge in [-0.05, 0) is 24.3 Å². The molecule has 0 bridgehead atoms. The molecular weight excluding hydrogens is 266 g/mol. The summed E-state index contributed by atoms with van der Waals surface area (Å²) >= 11 is 0. The first-order valence-corrected chi connectivity index (χ1v) is 5.91. The summed E-state index contributed by atoms with van der Waals surface area (Å²) in [5.41, 5.74) is 0.472. The van der Waals surface area contributed by atoms with Gasteiger partial charge in [0.05, 0.1) is 18.8 Å². The van der Waals surface area contributed by atoms with Gasteiger partial charge in [0, 0.05) is 11.1 Å². The quantitative estimate of drug-likeness (QED) is 0.912. The fraction of sp³-hybridized carbons (Fsp3) is 0.133. The second-order valence-corrected chi connectivity index (χ2v) is 4.20. The molecule has 0 unspecified atom stereocenters. The van der Waals surface area contributed by atoms with Crippen LogP contribution in [0.4, 0.5) is 8.78 Å². The Labute approximate surface area is 114 Å². The molecule has 2 rings (SSSR count). The first kappa shape index (κ1) is 14.1. The maximum Gasteiger partial charge on any atom is 0.335 e. The van der Waals surface area contributed by atoms with Crippen LogP contribution >= 0.6 is 0 Å². The predicted octanol–water partition coefficient (Wildman–Crippen LogP) is 3.38. The fourth-order valence-electron chi connectivity index (χ4n) is 1.70. The summed E-state index contributed by atoms with van der Waals surface area (Å²) in [4.78, 5) is 10.8. The summed E-state index contributed by atoms with van der Waals surface area (Å²) in [7, 11) is 0. The first-order valence-electron chi connectivity index (χ1n) is 5.91. The zero-order valence-corrected chi connectivity index (χ0v) is 10.5. The molecule has 5 heteroatoms. The lowest BCUT2D eigenvalue weighted by atomic mass is 10.1. The van der Waals surface area contributed by atoms with Gasteiger partial charge in [-0.15, -0.1) is 0 Å². The maximum absolute atomic E-state index is 13.5. The Kier molecular flexibility index (Phi) is 4.42. The molecular formula is C15H12F2O3. The smallest absolute Gasteiger partial charge is 0.335 e. The van der Waals surface area contributed by atoms with Gasteiger partial charge in [-0.25, -0.2) is 13.6 Å². The molecule has 0 aromatic heterocycles. The van der Waals surface area contributed by atoms with Crippen molar-refractivity contribution >= 4 is 5.97 Å². The van der Waals surface area contributed by atoms with E-state index in [1.54, 1.807) is 18.2 Å². The van der Waals surface area contributed by atoms with E-state index < -0.39 is 17.6 Å². The van der Waals surface area contributed by atoms with Gasteiger partial charge < -0.3 is 9.84 Å². The molecule has 0 radical (unpaired) electrons. The lowest BCUT2D eigenvalue weighted by Crippen LogP contribution is -2.02. The molecule has 0 aliphatic carbocycles. The molecule has 0 aliphatic rings. The molecule has 1 N–H and O–H groups in total. The standard InChI is InChI=1S/C15H12F2O3/c16-13-4-2-1-3-11(13)8-20-9-12-7-10(15(18)19)5-6-14(12)17/h1-7H,8-9H2,(H,18,19). The van der Waals surface area contributed by atoms with Crippen molar-refractivity contribution in [1.82, 2.24) is 0 Å². The van der Waals surface area contributed by atoms with E-state index in [1.807, 2.05) is 0 Å². The zero-order valence-electron chi connectivity index (χ0n) is 10.5. The van der Waals surface area contributed by atoms with Gasteiger partial charge in [0.25, 0.3) is 0 Å². The van der Waals surface area contributed by atoms with E-state index in [0.717, 1.165) is 6.07 Å². The van der Waals surface area contributed by atoms with E-state index in [9.17, 15) is 13.6 Å². The summed E-state index contributed by atoms with van der Waals surface area (Å²) in [5.74, 6) is -2.09. The van der Waals surface area contributed by atoms with Gasteiger partial charge in [-0.3, -0.25) is 0 Å². The SMILES string of the molecule is O=C(O)c1ccc(F)c(COCc2ccccc2F)c1. The highest BCUT2D eigenvalue weighted by Gasteiger charge is 2.09. The second-order valence-electron chi connectivity index (χ2n) is 4.20. The van der Waals surface area contributed by atoms with Gasteiger partial charge in [0.2, 0.25) is 0 Å². The molecule has 104 valence electrons. The number of hydrogen-bond donors (Lipinski definition) is 1. The van der Waals surface area contributed by atoms with Crippen molar-refractivity contribution in [1.29, 1.82) is 0 Å². The molecule has 0 fully saturated rings. The summed E-state index contributed by atoms with van der Waals surface area (Å²) in [5, 5.41) is 8.83. The van der Waals surface area contributed by atoms with Gasteiger partial charge in [-0.2, -0.15) is 0 Å². The summed E-state index contributed by atoms with van der Waals surface area (Å²) in [6.45, 7) is -0.134. The van der Waals surface area contributed by atoms with Gasteiger partial charge in [0.15, 0.2) is 0 Å². The van der Waals surface area contributed by atoms with Crippen molar-refractivity contribution in [2.45, 2.75) is 13.2 Å². The Morgan fingerprint density at radius 3 is 2.35 bits per heavy atom. The minimum atomic E-state index is -1.14. The third kappa shape index (κ3) is 3.39. The minimum Gasteiger partial charge on any atom is -0.478 e. The number of carboxylic acid groups (broad SMARTS) is 1. The van der Waals surface area contributed by atoms with Crippen LogP contribution in [0.5, 0.6) is 0 Å². The Balaban J connectivity index is 2.02. The van der Waals surface area contributed by atoms with E-state index >= 15 is 0 Å². The van der Waals surface area contributed by atoms with E-state index in [4.69, 9.17) is 9.84 Å². The third-order valence-electron chi connectivity index (χ3n) is 2.77. The summed E-state index contributed by atoms with van der Waals surface area (Å²) < 4.78 is 32.1. The molecule has 3 nitrogen and oxygen atoms in total. The predicted molar refractivity (Wildman–Crippen MR) is 68.3 cm³/mol. The molecule has 2 aromatic rings. The highest BCUT2D eigenvalue weighted by Crippen LogP contribution is 2.14. The molecule has 0 atom stereocenters. The number of carbonyl (C=O) groups is 1. The lowest BCUT2D eigenvalue weighted by Gasteiger charge is -2.07. The maximum atomic E-state index is 13.5. The van der Waals surface area contributed by atoms with Gasteiger partial charge in [-0.1, -0.05) is 18.2 Å². The van der Waals surface area contributed by atoms with Crippen molar-refractivity contribution in [3.05, 3.63) is 70.8 Å². The second kappa shape index (κ2) is 6.25. The van der Waals surface area contributed by atoms with Crippen LogP contribution < -0.4 is 0 Å². The topological polar surface area (TPSA) is 46.5 Å². The molecule has 2 aromatic carbocycles. The molecule has 0 heterocycles. The Morgan fingerprint density at radius 2 is 1.65 bits per heavy atom. The van der Waals surface area contributed by atoms with Crippen molar-refractivity contribution in [3.8, 4) is 0 Å². The van der Waals surface area contributed by atoms with Crippen LogP contribution in [0, 0.1) is 11.6 Å². The number of aromatic carboxylic acids is 1. The fourth-order valence-corrected chi connectivity index (χ4v) is 1.70. The number of benzene rings is 2. The third-order valence-corrected chi connectivity index (χ3v) is 2.77. The van der Waals surface area contributed by atoms with Crippen LogP contribution in [0.2, 0.25) is 0 Å². The average Bonchev–Trinajstić information content (AvgIpc) is 2.42. The van der Waals surface area contributed by atoms with E-state index in [2.05, 4.69) is 0 Å². The Hall–Kier alpha value is -2.27. The molecule has 0 amide bonds. The number of rotatable bonds is 5. The van der Waals surface area contributed by atoms with E-state index in [-0.39, 0.29) is 24.3 Å². The summed E-state index contributed by atoms with van der Waals surface area (Å²) in [6.07, 6.45) is 0. The Morgan fingerprint density at radius 1 is 1.00 bits per heavy atom. The Bertz CT molecular complexity index is 626.